The van der Waals surface area contributed by atoms with Crippen molar-refractivity contribution in [3.05, 3.63) is 28.9 Å². The lowest BCUT2D eigenvalue weighted by Gasteiger charge is -1.91. The van der Waals surface area contributed by atoms with Crippen LogP contribution >= 0.6 is 0 Å². The van der Waals surface area contributed by atoms with Gasteiger partial charge in [0.25, 0.3) is 5.56 Å². The average molecular weight is 201 g/mol. The minimum absolute atomic E-state index is 0.257. The number of nitrogens with two attached hydrogens (primary N) is 1. The maximum atomic E-state index is 11.4. The maximum absolute atomic E-state index is 11.4. The highest BCUT2D eigenvalue weighted by Gasteiger charge is 2.08. The Morgan fingerprint density at radius 1 is 1.33 bits per heavy atom. The monoisotopic (exact) mass is 201 g/mol. The number of nitrogen functional groups attached to an aromatic ring is 1. The summed E-state index contributed by atoms with van der Waals surface area (Å²) in [5, 5.41) is 1.47. The van der Waals surface area contributed by atoms with Crippen molar-refractivity contribution in [2.24, 2.45) is 0 Å². The summed E-state index contributed by atoms with van der Waals surface area (Å²) >= 11 is 0. The molecule has 0 aliphatic rings. The molecule has 74 valence electrons. The fraction of sp³-hybridized carbons (Fsp3) is 0. The van der Waals surface area contributed by atoms with Crippen molar-refractivity contribution in [1.29, 1.82) is 0 Å². The zero-order valence-electron chi connectivity index (χ0n) is 7.61. The molecule has 0 bridgehead atoms. The fourth-order valence-corrected chi connectivity index (χ4v) is 1.65. The molecule has 0 radical (unpaired) electrons. The molecule has 0 aromatic carbocycles. The minimum Gasteiger partial charge on any atom is -0.398 e. The van der Waals surface area contributed by atoms with Gasteiger partial charge in [-0.3, -0.25) is 4.79 Å². The SMILES string of the molecule is Nc1cc(=O)[nH]c2[nH]cnc3ncc1c32. The van der Waals surface area contributed by atoms with Crippen LogP contribution in [0.3, 0.4) is 0 Å². The van der Waals surface area contributed by atoms with E-state index in [-0.39, 0.29) is 5.56 Å². The lowest BCUT2D eigenvalue weighted by molar-refractivity contribution is 1.18. The van der Waals surface area contributed by atoms with Gasteiger partial charge in [-0.1, -0.05) is 0 Å². The van der Waals surface area contributed by atoms with Gasteiger partial charge in [0.2, 0.25) is 0 Å². The van der Waals surface area contributed by atoms with Crippen LogP contribution in [0.2, 0.25) is 0 Å². The van der Waals surface area contributed by atoms with Crippen molar-refractivity contribution in [2.45, 2.75) is 0 Å². The van der Waals surface area contributed by atoms with Crippen molar-refractivity contribution >= 4 is 27.8 Å². The Morgan fingerprint density at radius 2 is 2.20 bits per heavy atom. The molecule has 3 rings (SSSR count). The molecule has 6 nitrogen and oxygen atoms in total. The maximum Gasteiger partial charge on any atom is 0.251 e. The molecule has 4 N–H and O–H groups in total. The molecule has 3 aromatic rings. The van der Waals surface area contributed by atoms with E-state index in [1.54, 1.807) is 6.20 Å². The number of aromatic nitrogens is 4. The number of hydrogen-bond donors (Lipinski definition) is 3. The van der Waals surface area contributed by atoms with E-state index in [2.05, 4.69) is 19.9 Å². The summed E-state index contributed by atoms with van der Waals surface area (Å²) in [6.07, 6.45) is 3.09. The Kier molecular flexibility index (Phi) is 1.37. The normalized spacial score (nSPS) is 11.2. The fourth-order valence-electron chi connectivity index (χ4n) is 1.65. The molecular weight excluding hydrogens is 194 g/mol. The molecule has 6 heteroatoms. The van der Waals surface area contributed by atoms with Gasteiger partial charge >= 0.3 is 0 Å². The third kappa shape index (κ3) is 1.01. The van der Waals surface area contributed by atoms with Gasteiger partial charge in [0.1, 0.15) is 5.65 Å². The lowest BCUT2D eigenvalue weighted by atomic mass is 10.2. The second-order valence-corrected chi connectivity index (χ2v) is 3.24. The van der Waals surface area contributed by atoms with E-state index < -0.39 is 0 Å². The van der Waals surface area contributed by atoms with E-state index in [4.69, 9.17) is 5.73 Å². The van der Waals surface area contributed by atoms with Crippen LogP contribution in [0.4, 0.5) is 5.69 Å². The van der Waals surface area contributed by atoms with Crippen LogP contribution in [0.5, 0.6) is 0 Å². The Hall–Kier alpha value is -2.37. The molecular formula is C9H7N5O. The van der Waals surface area contributed by atoms with Crippen molar-refractivity contribution in [2.75, 3.05) is 5.73 Å². The molecule has 0 aliphatic carbocycles. The molecule has 0 saturated carbocycles. The van der Waals surface area contributed by atoms with E-state index in [1.807, 2.05) is 0 Å². The zero-order valence-corrected chi connectivity index (χ0v) is 7.61. The number of hydrogen-bond acceptors (Lipinski definition) is 4. The summed E-state index contributed by atoms with van der Waals surface area (Å²) in [4.78, 5) is 25.1. The predicted octanol–water partition coefficient (Wildman–Crippen LogP) is 0.382. The molecule has 3 aromatic heterocycles. The summed E-state index contributed by atoms with van der Waals surface area (Å²) in [6.45, 7) is 0. The van der Waals surface area contributed by atoms with Crippen molar-refractivity contribution < 1.29 is 0 Å². The number of rotatable bonds is 0. The second-order valence-electron chi connectivity index (χ2n) is 3.24. The van der Waals surface area contributed by atoms with Gasteiger partial charge in [0, 0.05) is 23.3 Å². The van der Waals surface area contributed by atoms with Crippen molar-refractivity contribution in [3.8, 4) is 0 Å². The first-order valence-electron chi connectivity index (χ1n) is 4.36. The summed E-state index contributed by atoms with van der Waals surface area (Å²) in [7, 11) is 0. The quantitative estimate of drug-likeness (QED) is 0.489. The van der Waals surface area contributed by atoms with Gasteiger partial charge in [-0.2, -0.15) is 0 Å². The van der Waals surface area contributed by atoms with Gasteiger partial charge in [-0.05, 0) is 0 Å². The summed E-state index contributed by atoms with van der Waals surface area (Å²) in [5.41, 5.74) is 7.04. The molecule has 3 heterocycles. The highest BCUT2D eigenvalue weighted by molar-refractivity contribution is 6.08. The van der Waals surface area contributed by atoms with Crippen LogP contribution in [0.15, 0.2) is 23.4 Å². The number of aromatic amines is 2. The van der Waals surface area contributed by atoms with Crippen LogP contribution in [-0.4, -0.2) is 19.9 Å². The van der Waals surface area contributed by atoms with Crippen LogP contribution in [0.1, 0.15) is 0 Å². The van der Waals surface area contributed by atoms with Crippen LogP contribution in [0.25, 0.3) is 22.1 Å². The number of H-pyrrole nitrogens is 2. The largest absolute Gasteiger partial charge is 0.398 e. The Balaban J connectivity index is 2.78. The van der Waals surface area contributed by atoms with E-state index in [1.165, 1.54) is 12.4 Å². The molecule has 0 spiro atoms. The number of anilines is 1. The number of nitrogens with one attached hydrogen (secondary N) is 2. The third-order valence-corrected chi connectivity index (χ3v) is 2.30. The van der Waals surface area contributed by atoms with E-state index in [9.17, 15) is 4.79 Å². The highest BCUT2D eigenvalue weighted by Crippen LogP contribution is 2.23. The highest BCUT2D eigenvalue weighted by atomic mass is 16.1. The zero-order chi connectivity index (χ0) is 10.4. The summed E-state index contributed by atoms with van der Waals surface area (Å²) in [5.74, 6) is 0. The summed E-state index contributed by atoms with van der Waals surface area (Å²) in [6, 6.07) is 1.34. The molecule has 15 heavy (non-hydrogen) atoms. The molecule has 0 fully saturated rings. The van der Waals surface area contributed by atoms with Crippen LogP contribution in [-0.2, 0) is 0 Å². The lowest BCUT2D eigenvalue weighted by Crippen LogP contribution is -2.01. The molecule has 0 atom stereocenters. The van der Waals surface area contributed by atoms with Gasteiger partial charge in [-0.25, -0.2) is 9.97 Å². The van der Waals surface area contributed by atoms with Gasteiger partial charge < -0.3 is 15.7 Å². The third-order valence-electron chi connectivity index (χ3n) is 2.30. The molecule has 0 saturated heterocycles. The minimum atomic E-state index is -0.257. The van der Waals surface area contributed by atoms with Crippen molar-refractivity contribution in [3.63, 3.8) is 0 Å². The number of nitrogens with zero attached hydrogens (tertiary/aromatic N) is 2. The smallest absolute Gasteiger partial charge is 0.251 e. The summed E-state index contributed by atoms with van der Waals surface area (Å²) < 4.78 is 0. The van der Waals surface area contributed by atoms with Gasteiger partial charge in [0.15, 0.2) is 5.65 Å². The topological polar surface area (TPSA) is 100 Å². The van der Waals surface area contributed by atoms with Crippen LogP contribution in [0, 0.1) is 0 Å². The standard InChI is InChI=1S/C9H7N5O/c10-5-1-6(15)14-9-7-4(5)2-11-8(7)12-3-13-9/h1-3H,10H2,(H2,11,12,13,14,15). The van der Waals surface area contributed by atoms with Gasteiger partial charge in [0.05, 0.1) is 11.7 Å². The second kappa shape index (κ2) is 2.57. The predicted molar refractivity (Wildman–Crippen MR) is 56.4 cm³/mol. The van der Waals surface area contributed by atoms with E-state index in [0.717, 1.165) is 10.8 Å². The van der Waals surface area contributed by atoms with Gasteiger partial charge in [-0.15, -0.1) is 0 Å². The Labute approximate surface area is 83.2 Å². The Morgan fingerprint density at radius 3 is 3.07 bits per heavy atom. The molecule has 0 unspecified atom stereocenters. The molecule has 0 aliphatic heterocycles. The first-order chi connectivity index (χ1) is 7.25. The van der Waals surface area contributed by atoms with E-state index >= 15 is 0 Å². The average Bonchev–Trinajstić information content (AvgIpc) is 2.56. The first kappa shape index (κ1) is 7.98. The molecule has 0 amide bonds. The van der Waals surface area contributed by atoms with Crippen molar-refractivity contribution in [1.82, 2.24) is 19.9 Å². The van der Waals surface area contributed by atoms with Crippen LogP contribution < -0.4 is 11.3 Å². The first-order valence-corrected chi connectivity index (χ1v) is 4.36. The Bertz CT molecular complexity index is 711. The van der Waals surface area contributed by atoms with E-state index in [0.29, 0.717) is 17.0 Å².